The molecule has 78 valence electrons. The fraction of sp³-hybridized carbons (Fsp3) is 0.818. The van der Waals surface area contributed by atoms with Crippen molar-refractivity contribution in [2.24, 2.45) is 17.3 Å². The predicted molar refractivity (Wildman–Crippen MR) is 52.6 cm³/mol. The second-order valence-electron chi connectivity index (χ2n) is 5.18. The topological polar surface area (TPSA) is 37.4 Å². The van der Waals surface area contributed by atoms with Gasteiger partial charge in [0.15, 0.2) is 5.78 Å². The first-order valence-electron chi connectivity index (χ1n) is 5.15. The maximum Gasteiger partial charge on any atom is 0.220 e. The Morgan fingerprint density at radius 1 is 1.29 bits per heavy atom. The van der Waals surface area contributed by atoms with E-state index in [9.17, 15) is 9.59 Å². The predicted octanol–water partition coefficient (Wildman–Crippen LogP) is 1.08. The molecule has 0 N–H and O–H groups in total. The van der Waals surface area contributed by atoms with Crippen LogP contribution in [0, 0.1) is 17.3 Å². The maximum atomic E-state index is 11.5. The fourth-order valence-corrected chi connectivity index (χ4v) is 3.08. The summed E-state index contributed by atoms with van der Waals surface area (Å²) >= 11 is 0. The van der Waals surface area contributed by atoms with Gasteiger partial charge in [-0.2, -0.15) is 0 Å². The summed E-state index contributed by atoms with van der Waals surface area (Å²) in [6.07, 6.45) is 0. The van der Waals surface area contributed by atoms with Crippen LogP contribution in [0.3, 0.4) is 0 Å². The van der Waals surface area contributed by atoms with E-state index in [-0.39, 0.29) is 23.1 Å². The highest BCUT2D eigenvalue weighted by atomic mass is 16.2. The second-order valence-corrected chi connectivity index (χ2v) is 5.18. The molecule has 3 atom stereocenters. The molecule has 1 aliphatic carbocycles. The van der Waals surface area contributed by atoms with Crippen molar-refractivity contribution in [3.8, 4) is 0 Å². The lowest BCUT2D eigenvalue weighted by Crippen LogP contribution is -2.43. The van der Waals surface area contributed by atoms with Gasteiger partial charge in [-0.15, -0.1) is 0 Å². The summed E-state index contributed by atoms with van der Waals surface area (Å²) < 4.78 is 0. The SMILES string of the molecule is CC(=O)C1[C@@H]2[C@H](CN1C(C)=O)C2(C)C. The Labute approximate surface area is 84.5 Å². The molecule has 1 unspecified atom stereocenters. The third-order valence-electron chi connectivity index (χ3n) is 4.03. The van der Waals surface area contributed by atoms with Crippen molar-refractivity contribution in [3.63, 3.8) is 0 Å². The van der Waals surface area contributed by atoms with Crippen LogP contribution in [0.15, 0.2) is 0 Å². The molecule has 0 radical (unpaired) electrons. The Balaban J connectivity index is 2.23. The average molecular weight is 195 g/mol. The Bertz CT molecular complexity index is 308. The maximum absolute atomic E-state index is 11.5. The molecular weight excluding hydrogens is 178 g/mol. The molecule has 3 nitrogen and oxygen atoms in total. The summed E-state index contributed by atoms with van der Waals surface area (Å²) in [6.45, 7) is 8.30. The van der Waals surface area contributed by atoms with Crippen molar-refractivity contribution in [2.75, 3.05) is 6.54 Å². The monoisotopic (exact) mass is 195 g/mol. The van der Waals surface area contributed by atoms with Crippen molar-refractivity contribution >= 4 is 11.7 Å². The first kappa shape index (κ1) is 9.69. The van der Waals surface area contributed by atoms with E-state index in [0.29, 0.717) is 11.8 Å². The van der Waals surface area contributed by atoms with Crippen LogP contribution in [0.4, 0.5) is 0 Å². The minimum absolute atomic E-state index is 0.0354. The average Bonchev–Trinajstić information content (AvgIpc) is 2.47. The number of carbonyl (C=O) groups is 2. The molecule has 0 bridgehead atoms. The molecular formula is C11H17NO2. The zero-order valence-corrected chi connectivity index (χ0v) is 9.20. The highest BCUT2D eigenvalue weighted by molar-refractivity contribution is 5.88. The van der Waals surface area contributed by atoms with E-state index < -0.39 is 0 Å². The van der Waals surface area contributed by atoms with Crippen LogP contribution in [0.2, 0.25) is 0 Å². The molecule has 0 aromatic heterocycles. The molecule has 2 aliphatic rings. The van der Waals surface area contributed by atoms with Crippen LogP contribution in [0.1, 0.15) is 27.7 Å². The van der Waals surface area contributed by atoms with Crippen molar-refractivity contribution in [2.45, 2.75) is 33.7 Å². The highest BCUT2D eigenvalue weighted by Crippen LogP contribution is 2.64. The van der Waals surface area contributed by atoms with Crippen LogP contribution in [-0.4, -0.2) is 29.2 Å². The number of piperidine rings is 1. The summed E-state index contributed by atoms with van der Waals surface area (Å²) in [4.78, 5) is 24.5. The van der Waals surface area contributed by atoms with Gasteiger partial charge in [-0.05, 0) is 24.2 Å². The van der Waals surface area contributed by atoms with Crippen LogP contribution in [0.25, 0.3) is 0 Å². The van der Waals surface area contributed by atoms with Gasteiger partial charge in [0.25, 0.3) is 0 Å². The first-order valence-corrected chi connectivity index (χ1v) is 5.15. The molecule has 1 amide bonds. The van der Waals surface area contributed by atoms with Gasteiger partial charge in [0.2, 0.25) is 5.91 Å². The van der Waals surface area contributed by atoms with Crippen molar-refractivity contribution in [1.29, 1.82) is 0 Å². The zero-order chi connectivity index (χ0) is 10.7. The lowest BCUT2D eigenvalue weighted by atomic mass is 9.99. The van der Waals surface area contributed by atoms with Gasteiger partial charge in [0.1, 0.15) is 0 Å². The van der Waals surface area contributed by atoms with E-state index in [1.54, 1.807) is 18.7 Å². The van der Waals surface area contributed by atoms with Gasteiger partial charge < -0.3 is 4.90 Å². The van der Waals surface area contributed by atoms with Crippen molar-refractivity contribution < 1.29 is 9.59 Å². The molecule has 0 aromatic carbocycles. The number of hydrogen-bond acceptors (Lipinski definition) is 2. The molecule has 0 aromatic rings. The standard InChI is InChI=1S/C11H17NO2/c1-6(13)10-9-8(11(9,3)4)5-12(10)7(2)14/h8-10H,5H2,1-4H3/t8-,9-,10?/m0/s1. The largest absolute Gasteiger partial charge is 0.332 e. The third kappa shape index (κ3) is 1.04. The summed E-state index contributed by atoms with van der Waals surface area (Å²) in [6, 6.07) is -0.146. The van der Waals surface area contributed by atoms with Gasteiger partial charge in [0, 0.05) is 13.5 Å². The van der Waals surface area contributed by atoms with Gasteiger partial charge >= 0.3 is 0 Å². The first-order chi connectivity index (χ1) is 6.37. The molecule has 1 saturated carbocycles. The van der Waals surface area contributed by atoms with Crippen molar-refractivity contribution in [3.05, 3.63) is 0 Å². The van der Waals surface area contributed by atoms with Gasteiger partial charge in [-0.3, -0.25) is 9.59 Å². The number of hydrogen-bond donors (Lipinski definition) is 0. The Morgan fingerprint density at radius 2 is 1.86 bits per heavy atom. The lowest BCUT2D eigenvalue weighted by Gasteiger charge is -2.28. The van der Waals surface area contributed by atoms with Gasteiger partial charge in [-0.25, -0.2) is 0 Å². The molecule has 2 rings (SSSR count). The van der Waals surface area contributed by atoms with Crippen LogP contribution in [-0.2, 0) is 9.59 Å². The molecule has 1 saturated heterocycles. The van der Waals surface area contributed by atoms with E-state index in [1.807, 2.05) is 0 Å². The quantitative estimate of drug-likeness (QED) is 0.628. The van der Waals surface area contributed by atoms with Crippen LogP contribution < -0.4 is 0 Å². The number of nitrogens with zero attached hydrogens (tertiary/aromatic N) is 1. The number of carbonyl (C=O) groups excluding carboxylic acids is 2. The Morgan fingerprint density at radius 3 is 2.29 bits per heavy atom. The molecule has 1 aliphatic heterocycles. The third-order valence-corrected chi connectivity index (χ3v) is 4.03. The number of rotatable bonds is 1. The van der Waals surface area contributed by atoms with E-state index in [4.69, 9.17) is 0 Å². The molecule has 1 heterocycles. The number of likely N-dealkylation sites (tertiary alicyclic amines) is 1. The number of Topliss-reactive ketones (excluding diaryl/α,β-unsaturated/α-hetero) is 1. The van der Waals surface area contributed by atoms with E-state index >= 15 is 0 Å². The number of amides is 1. The normalized spacial score (nSPS) is 38.0. The molecule has 0 spiro atoms. The lowest BCUT2D eigenvalue weighted by molar-refractivity contribution is -0.136. The van der Waals surface area contributed by atoms with E-state index in [1.165, 1.54) is 0 Å². The van der Waals surface area contributed by atoms with Crippen LogP contribution in [0.5, 0.6) is 0 Å². The Hall–Kier alpha value is -0.860. The smallest absolute Gasteiger partial charge is 0.220 e. The molecule has 3 heteroatoms. The second kappa shape index (κ2) is 2.59. The fourth-order valence-electron chi connectivity index (χ4n) is 3.08. The summed E-state index contributed by atoms with van der Waals surface area (Å²) in [7, 11) is 0. The number of fused-ring (bicyclic) bond motifs is 1. The molecule has 2 fully saturated rings. The zero-order valence-electron chi connectivity index (χ0n) is 9.20. The van der Waals surface area contributed by atoms with Crippen LogP contribution >= 0.6 is 0 Å². The van der Waals surface area contributed by atoms with E-state index in [0.717, 1.165) is 6.54 Å². The summed E-state index contributed by atoms with van der Waals surface area (Å²) in [5.41, 5.74) is 0.266. The summed E-state index contributed by atoms with van der Waals surface area (Å²) in [5, 5.41) is 0. The van der Waals surface area contributed by atoms with E-state index in [2.05, 4.69) is 13.8 Å². The van der Waals surface area contributed by atoms with Crippen molar-refractivity contribution in [1.82, 2.24) is 4.90 Å². The minimum Gasteiger partial charge on any atom is -0.332 e. The van der Waals surface area contributed by atoms with Gasteiger partial charge in [0.05, 0.1) is 6.04 Å². The minimum atomic E-state index is -0.146. The Kier molecular flexibility index (Phi) is 1.79. The summed E-state index contributed by atoms with van der Waals surface area (Å²) in [5.74, 6) is 1.12. The highest BCUT2D eigenvalue weighted by Gasteiger charge is 2.68. The molecule has 14 heavy (non-hydrogen) atoms. The number of ketones is 1. The van der Waals surface area contributed by atoms with Gasteiger partial charge in [-0.1, -0.05) is 13.8 Å².